The fourth-order valence-corrected chi connectivity index (χ4v) is 7.42. The third-order valence-electron chi connectivity index (χ3n) is 9.71. The second-order valence-corrected chi connectivity index (χ2v) is 16.3. The molecule has 8 rings (SSSR count). The van der Waals surface area contributed by atoms with Crippen LogP contribution in [0.25, 0.3) is 0 Å². The van der Waals surface area contributed by atoms with Gasteiger partial charge in [0.25, 0.3) is 11.8 Å². The van der Waals surface area contributed by atoms with Crippen LogP contribution in [0.3, 0.4) is 0 Å². The molecular formula is C38H44N8O6S2. The van der Waals surface area contributed by atoms with Crippen molar-refractivity contribution in [3.05, 3.63) is 93.0 Å². The van der Waals surface area contributed by atoms with Crippen molar-refractivity contribution in [3.63, 3.8) is 0 Å². The maximum atomic E-state index is 12.3. The average molecular weight is 773 g/mol. The summed E-state index contributed by atoms with van der Waals surface area (Å²) in [7, 11) is 0. The first-order valence-electron chi connectivity index (χ1n) is 18.1. The van der Waals surface area contributed by atoms with E-state index in [4.69, 9.17) is 10.2 Å². The Balaban J connectivity index is 0.000000154. The van der Waals surface area contributed by atoms with Crippen LogP contribution in [0.5, 0.6) is 0 Å². The number of nitrogens with zero attached hydrogens (tertiary/aromatic N) is 4. The zero-order valence-corrected chi connectivity index (χ0v) is 31.7. The van der Waals surface area contributed by atoms with Gasteiger partial charge in [-0.05, 0) is 87.8 Å². The lowest BCUT2D eigenvalue weighted by Crippen LogP contribution is -2.37. The van der Waals surface area contributed by atoms with Crippen LogP contribution in [0, 0.1) is 13.8 Å². The minimum absolute atomic E-state index is 0.118. The van der Waals surface area contributed by atoms with Crippen LogP contribution in [-0.2, 0) is 9.59 Å². The number of aliphatic carboxylic acids is 2. The molecule has 2 amide bonds. The van der Waals surface area contributed by atoms with E-state index in [1.165, 1.54) is 85.2 Å². The molecule has 0 unspecified atom stereocenters. The molecule has 4 aliphatic carbocycles. The predicted molar refractivity (Wildman–Crippen MR) is 206 cm³/mol. The highest BCUT2D eigenvalue weighted by atomic mass is 32.1. The van der Waals surface area contributed by atoms with E-state index in [0.29, 0.717) is 57.5 Å². The van der Waals surface area contributed by atoms with Gasteiger partial charge in [-0.3, -0.25) is 20.2 Å². The van der Waals surface area contributed by atoms with E-state index in [1.807, 2.05) is 50.2 Å². The second kappa shape index (κ2) is 18.0. The maximum absolute atomic E-state index is 12.3. The molecule has 2 heterocycles. The number of aromatic nitrogens is 4. The molecule has 0 radical (unpaired) electrons. The number of benzene rings is 2. The van der Waals surface area contributed by atoms with Gasteiger partial charge in [0, 0.05) is 59.3 Å². The monoisotopic (exact) mass is 772 g/mol. The first-order chi connectivity index (χ1) is 26.0. The predicted octanol–water partition coefficient (Wildman–Crippen LogP) is 5.91. The summed E-state index contributed by atoms with van der Waals surface area (Å²) in [5, 5.41) is 47.2. The molecule has 284 valence electrons. The summed E-state index contributed by atoms with van der Waals surface area (Å²) < 4.78 is 0. The molecule has 0 spiro atoms. The molecule has 4 aliphatic rings. The molecule has 2 aromatic heterocycles. The average Bonchev–Trinajstić information content (AvgIpc) is 3.99. The molecule has 0 saturated heterocycles. The largest absolute Gasteiger partial charge is 0.478 e. The van der Waals surface area contributed by atoms with Gasteiger partial charge < -0.3 is 20.8 Å². The van der Waals surface area contributed by atoms with Crippen LogP contribution in [0.1, 0.15) is 105 Å². The zero-order valence-electron chi connectivity index (χ0n) is 30.0. The Labute approximate surface area is 320 Å². The molecule has 2 aromatic carbocycles. The lowest BCUT2D eigenvalue weighted by molar-refractivity contribution is -0.134. The SMILES string of the molecule is Cc1nnc(NC(=O)c2cccc([C@@H]3C[C@H]3NC3CCC3)c2)s1.Cc1nnc(NC(=O)c2cccc([C@@H]3C[C@H]3NC3CCC3)c2)s1.O=C(O)/C=C/C(=O)O. The van der Waals surface area contributed by atoms with Gasteiger partial charge in [0.05, 0.1) is 0 Å². The standard InChI is InChI=1S/2C17H20N4OS.C4H4O4/c2*1-10-20-21-17(23-10)19-16(22)12-5-2-4-11(8-12)14-9-15(14)18-13-6-3-7-13;5-3(6)1-2-4(7)8/h2*2,4-5,8,13-15,18H,3,6-7,9H2,1H3,(H,19,21,22);1-2H,(H,5,6)(H,7,8)/b;;2-1+/t2*14-,15+;/m00./s1. The lowest BCUT2D eigenvalue weighted by Gasteiger charge is -2.26. The smallest absolute Gasteiger partial charge is 0.328 e. The molecule has 4 aromatic rings. The fraction of sp³-hybridized carbons (Fsp3) is 0.421. The number of carboxylic acid groups (broad SMARTS) is 2. The molecular weight excluding hydrogens is 729 g/mol. The minimum Gasteiger partial charge on any atom is -0.478 e. The number of hydrogen-bond donors (Lipinski definition) is 6. The number of rotatable bonds is 12. The Bertz CT molecular complexity index is 1850. The van der Waals surface area contributed by atoms with Crippen molar-refractivity contribution in [2.45, 2.75) is 101 Å². The minimum atomic E-state index is -1.26. The number of carbonyl (C=O) groups excluding carboxylic acids is 2. The van der Waals surface area contributed by atoms with E-state index in [2.05, 4.69) is 53.8 Å². The molecule has 4 fully saturated rings. The Morgan fingerprint density at radius 2 is 1.06 bits per heavy atom. The number of anilines is 2. The van der Waals surface area contributed by atoms with Crippen molar-refractivity contribution in [3.8, 4) is 0 Å². The highest BCUT2D eigenvalue weighted by molar-refractivity contribution is 7.15. The Morgan fingerprint density at radius 1 is 0.648 bits per heavy atom. The van der Waals surface area contributed by atoms with Gasteiger partial charge in [0.2, 0.25) is 10.3 Å². The molecule has 0 bridgehead atoms. The van der Waals surface area contributed by atoms with Crippen LogP contribution in [0.4, 0.5) is 10.3 Å². The van der Waals surface area contributed by atoms with Crippen LogP contribution in [0.2, 0.25) is 0 Å². The number of carbonyl (C=O) groups is 4. The van der Waals surface area contributed by atoms with Crippen LogP contribution < -0.4 is 21.3 Å². The summed E-state index contributed by atoms with van der Waals surface area (Å²) in [4.78, 5) is 43.8. The van der Waals surface area contributed by atoms with Gasteiger partial charge in [-0.1, -0.05) is 59.8 Å². The highest BCUT2D eigenvalue weighted by Gasteiger charge is 2.41. The molecule has 4 saturated carbocycles. The molecule has 14 nitrogen and oxygen atoms in total. The van der Waals surface area contributed by atoms with Crippen molar-refractivity contribution in [1.82, 2.24) is 31.0 Å². The van der Waals surface area contributed by atoms with Crippen molar-refractivity contribution in [2.24, 2.45) is 0 Å². The number of nitrogens with one attached hydrogen (secondary N) is 4. The van der Waals surface area contributed by atoms with Gasteiger partial charge in [-0.15, -0.1) is 20.4 Å². The third kappa shape index (κ3) is 11.3. The number of amides is 2. The number of carboxylic acids is 2. The molecule has 4 atom stereocenters. The van der Waals surface area contributed by atoms with Gasteiger partial charge >= 0.3 is 11.9 Å². The molecule has 6 N–H and O–H groups in total. The number of aryl methyl sites for hydroxylation is 2. The highest BCUT2D eigenvalue weighted by Crippen LogP contribution is 2.43. The van der Waals surface area contributed by atoms with Crippen molar-refractivity contribution in [1.29, 1.82) is 0 Å². The summed E-state index contributed by atoms with van der Waals surface area (Å²) in [5.74, 6) is -1.65. The Hall–Kier alpha value is -4.90. The third-order valence-corrected chi connectivity index (χ3v) is 11.2. The lowest BCUT2D eigenvalue weighted by atomic mass is 9.93. The van der Waals surface area contributed by atoms with E-state index in [0.717, 1.165) is 22.1 Å². The summed E-state index contributed by atoms with van der Waals surface area (Å²) in [5.41, 5.74) is 3.88. The Morgan fingerprint density at radius 3 is 1.37 bits per heavy atom. The quantitative estimate of drug-likeness (QED) is 0.0930. The zero-order chi connectivity index (χ0) is 38.2. The fourth-order valence-electron chi connectivity index (χ4n) is 6.25. The normalized spacial score (nSPS) is 21.3. The van der Waals surface area contributed by atoms with E-state index in [9.17, 15) is 19.2 Å². The number of hydrogen-bond acceptors (Lipinski definition) is 12. The summed E-state index contributed by atoms with van der Waals surface area (Å²) >= 11 is 2.77. The summed E-state index contributed by atoms with van der Waals surface area (Å²) in [6.07, 6.45) is 11.4. The summed E-state index contributed by atoms with van der Waals surface area (Å²) in [6, 6.07) is 18.5. The maximum Gasteiger partial charge on any atom is 0.328 e. The summed E-state index contributed by atoms with van der Waals surface area (Å²) in [6.45, 7) is 3.74. The first-order valence-corrected chi connectivity index (χ1v) is 19.7. The molecule has 16 heteroatoms. The molecule has 54 heavy (non-hydrogen) atoms. The van der Waals surface area contributed by atoms with Crippen LogP contribution in [0.15, 0.2) is 60.7 Å². The first kappa shape index (κ1) is 38.8. The van der Waals surface area contributed by atoms with Crippen LogP contribution >= 0.6 is 22.7 Å². The topological polar surface area (TPSA) is 208 Å². The van der Waals surface area contributed by atoms with E-state index < -0.39 is 11.9 Å². The van der Waals surface area contributed by atoms with Crippen LogP contribution in [-0.4, -0.2) is 78.5 Å². The van der Waals surface area contributed by atoms with Crippen molar-refractivity contribution in [2.75, 3.05) is 10.6 Å². The van der Waals surface area contributed by atoms with E-state index >= 15 is 0 Å². The Kier molecular flexibility index (Phi) is 12.9. The van der Waals surface area contributed by atoms with Gasteiger partial charge in [-0.2, -0.15) is 0 Å². The van der Waals surface area contributed by atoms with Gasteiger partial charge in [-0.25, -0.2) is 9.59 Å². The van der Waals surface area contributed by atoms with Gasteiger partial charge in [0.15, 0.2) is 0 Å². The van der Waals surface area contributed by atoms with E-state index in [-0.39, 0.29) is 11.8 Å². The van der Waals surface area contributed by atoms with Crippen molar-refractivity contribution < 1.29 is 29.4 Å². The second-order valence-electron chi connectivity index (χ2n) is 13.9. The van der Waals surface area contributed by atoms with Crippen molar-refractivity contribution >= 4 is 56.7 Å². The molecule has 0 aliphatic heterocycles. The van der Waals surface area contributed by atoms with Gasteiger partial charge in [0.1, 0.15) is 10.0 Å². The van der Waals surface area contributed by atoms with E-state index in [1.54, 1.807) is 0 Å².